The largest absolute Gasteiger partial charge is 0.335 e. The van der Waals surface area contributed by atoms with Crippen LogP contribution in [0, 0.1) is 0 Å². The molecule has 0 aliphatic rings. The summed E-state index contributed by atoms with van der Waals surface area (Å²) >= 11 is 0. The van der Waals surface area contributed by atoms with E-state index in [4.69, 9.17) is 5.73 Å². The van der Waals surface area contributed by atoms with Crippen LogP contribution < -0.4 is 5.73 Å². The Bertz CT molecular complexity index is 504. The summed E-state index contributed by atoms with van der Waals surface area (Å²) in [6, 6.07) is 10.5. The molecule has 2 N–H and O–H groups in total. The average molecular weight is 257 g/mol. The van der Waals surface area contributed by atoms with E-state index in [0.29, 0.717) is 0 Å². The highest BCUT2D eigenvalue weighted by Gasteiger charge is 2.25. The summed E-state index contributed by atoms with van der Waals surface area (Å²) in [6.07, 6.45) is 6.53. The Morgan fingerprint density at radius 3 is 2.53 bits per heavy atom. The second kappa shape index (κ2) is 6.02. The summed E-state index contributed by atoms with van der Waals surface area (Å²) in [6.45, 7) is 5.23. The van der Waals surface area contributed by atoms with Crippen LogP contribution in [0.4, 0.5) is 0 Å². The number of aromatic nitrogens is 2. The van der Waals surface area contributed by atoms with E-state index in [2.05, 4.69) is 47.7 Å². The molecule has 2 aromatic rings. The first kappa shape index (κ1) is 13.8. The van der Waals surface area contributed by atoms with Crippen molar-refractivity contribution in [1.29, 1.82) is 0 Å². The van der Waals surface area contributed by atoms with Crippen LogP contribution in [-0.4, -0.2) is 15.1 Å². The molecule has 1 unspecified atom stereocenters. The lowest BCUT2D eigenvalue weighted by Gasteiger charge is -2.28. The Morgan fingerprint density at radius 1 is 1.16 bits per heavy atom. The Balaban J connectivity index is 2.14. The molecule has 1 aromatic heterocycles. The lowest BCUT2D eigenvalue weighted by Crippen LogP contribution is -2.44. The van der Waals surface area contributed by atoms with Crippen molar-refractivity contribution in [3.05, 3.63) is 54.1 Å². The van der Waals surface area contributed by atoms with Gasteiger partial charge in [0.2, 0.25) is 0 Å². The molecule has 1 heterocycles. The van der Waals surface area contributed by atoms with Gasteiger partial charge in [0, 0.05) is 30.9 Å². The molecule has 0 saturated carbocycles. The molecule has 0 aliphatic carbocycles. The third kappa shape index (κ3) is 3.44. The van der Waals surface area contributed by atoms with Crippen molar-refractivity contribution in [1.82, 2.24) is 9.55 Å². The predicted octanol–water partition coefficient (Wildman–Crippen LogP) is 2.80. The molecule has 19 heavy (non-hydrogen) atoms. The van der Waals surface area contributed by atoms with Crippen LogP contribution in [0.2, 0.25) is 0 Å². The van der Waals surface area contributed by atoms with Crippen LogP contribution in [0.1, 0.15) is 31.7 Å². The number of imidazole rings is 1. The maximum atomic E-state index is 6.59. The second-order valence-corrected chi connectivity index (χ2v) is 5.18. The van der Waals surface area contributed by atoms with E-state index in [1.807, 2.05) is 18.5 Å². The smallest absolute Gasteiger partial charge is 0.110 e. The standard InChI is InChI=1S/C16H23N3/c1-3-16(17,12-14-8-6-5-7-9-14)13-15-18-10-11-19(15)4-2/h5-11H,3-4,12-13,17H2,1-2H3. The van der Waals surface area contributed by atoms with Gasteiger partial charge in [0.1, 0.15) is 5.82 Å². The third-order valence-electron chi connectivity index (χ3n) is 3.76. The summed E-state index contributed by atoms with van der Waals surface area (Å²) < 4.78 is 2.17. The van der Waals surface area contributed by atoms with E-state index in [9.17, 15) is 0 Å². The molecule has 0 amide bonds. The number of hydrogen-bond acceptors (Lipinski definition) is 2. The molecule has 0 aliphatic heterocycles. The Labute approximate surface area is 115 Å². The van der Waals surface area contributed by atoms with E-state index in [1.165, 1.54) is 5.56 Å². The highest BCUT2D eigenvalue weighted by Crippen LogP contribution is 2.19. The summed E-state index contributed by atoms with van der Waals surface area (Å²) in [5.74, 6) is 1.09. The van der Waals surface area contributed by atoms with Crippen LogP contribution in [-0.2, 0) is 19.4 Å². The lowest BCUT2D eigenvalue weighted by molar-refractivity contribution is 0.389. The zero-order valence-electron chi connectivity index (χ0n) is 11.8. The lowest BCUT2D eigenvalue weighted by atomic mass is 9.86. The van der Waals surface area contributed by atoms with Crippen LogP contribution in [0.25, 0.3) is 0 Å². The molecule has 102 valence electrons. The maximum absolute atomic E-state index is 6.59. The van der Waals surface area contributed by atoms with Gasteiger partial charge in [-0.1, -0.05) is 37.3 Å². The molecular formula is C16H23N3. The van der Waals surface area contributed by atoms with E-state index < -0.39 is 0 Å². The first-order chi connectivity index (χ1) is 9.17. The van der Waals surface area contributed by atoms with E-state index >= 15 is 0 Å². The van der Waals surface area contributed by atoms with Gasteiger partial charge in [-0.05, 0) is 25.3 Å². The topological polar surface area (TPSA) is 43.8 Å². The molecule has 0 bridgehead atoms. The molecule has 1 aromatic carbocycles. The highest BCUT2D eigenvalue weighted by molar-refractivity contribution is 5.18. The van der Waals surface area contributed by atoms with Gasteiger partial charge < -0.3 is 10.3 Å². The van der Waals surface area contributed by atoms with Crippen molar-refractivity contribution < 1.29 is 0 Å². The molecule has 0 radical (unpaired) electrons. The number of aryl methyl sites for hydroxylation is 1. The van der Waals surface area contributed by atoms with Crippen molar-refractivity contribution in [2.45, 2.75) is 45.2 Å². The van der Waals surface area contributed by atoms with Crippen molar-refractivity contribution in [3.63, 3.8) is 0 Å². The Hall–Kier alpha value is -1.61. The highest BCUT2D eigenvalue weighted by atomic mass is 15.1. The summed E-state index contributed by atoms with van der Waals surface area (Å²) in [7, 11) is 0. The van der Waals surface area contributed by atoms with E-state index in [0.717, 1.165) is 31.6 Å². The van der Waals surface area contributed by atoms with Gasteiger partial charge in [0.15, 0.2) is 0 Å². The molecular weight excluding hydrogens is 234 g/mol. The number of benzene rings is 1. The maximum Gasteiger partial charge on any atom is 0.110 e. The van der Waals surface area contributed by atoms with Crippen LogP contribution in [0.15, 0.2) is 42.7 Å². The number of nitrogens with zero attached hydrogens (tertiary/aromatic N) is 2. The minimum Gasteiger partial charge on any atom is -0.335 e. The summed E-state index contributed by atoms with van der Waals surface area (Å²) in [4.78, 5) is 4.44. The molecule has 0 spiro atoms. The first-order valence-electron chi connectivity index (χ1n) is 6.99. The molecule has 1 atom stereocenters. The van der Waals surface area contributed by atoms with E-state index in [-0.39, 0.29) is 5.54 Å². The van der Waals surface area contributed by atoms with Crippen LogP contribution in [0.3, 0.4) is 0 Å². The minimum absolute atomic E-state index is 0.223. The fourth-order valence-corrected chi connectivity index (χ4v) is 2.42. The fraction of sp³-hybridized carbons (Fsp3) is 0.438. The second-order valence-electron chi connectivity index (χ2n) is 5.18. The van der Waals surface area contributed by atoms with Gasteiger partial charge in [-0.15, -0.1) is 0 Å². The van der Waals surface area contributed by atoms with Crippen LogP contribution in [0.5, 0.6) is 0 Å². The fourth-order valence-electron chi connectivity index (χ4n) is 2.42. The zero-order chi connectivity index (χ0) is 13.7. The SMILES string of the molecule is CCn1ccnc1CC(N)(CC)Cc1ccccc1. The van der Waals surface area contributed by atoms with Crippen molar-refractivity contribution in [2.24, 2.45) is 5.73 Å². The van der Waals surface area contributed by atoms with Gasteiger partial charge >= 0.3 is 0 Å². The van der Waals surface area contributed by atoms with Gasteiger partial charge in [-0.2, -0.15) is 0 Å². The molecule has 0 saturated heterocycles. The van der Waals surface area contributed by atoms with Gasteiger partial charge in [0.05, 0.1) is 0 Å². The molecule has 3 nitrogen and oxygen atoms in total. The Morgan fingerprint density at radius 2 is 1.89 bits per heavy atom. The van der Waals surface area contributed by atoms with Gasteiger partial charge in [-0.25, -0.2) is 4.98 Å². The normalized spacial score (nSPS) is 14.3. The molecule has 3 heteroatoms. The third-order valence-corrected chi connectivity index (χ3v) is 3.76. The molecule has 2 rings (SSSR count). The summed E-state index contributed by atoms with van der Waals surface area (Å²) in [5, 5.41) is 0. The van der Waals surface area contributed by atoms with Gasteiger partial charge in [0.25, 0.3) is 0 Å². The van der Waals surface area contributed by atoms with Crippen LogP contribution >= 0.6 is 0 Å². The number of nitrogens with two attached hydrogens (primary N) is 1. The quantitative estimate of drug-likeness (QED) is 0.864. The summed E-state index contributed by atoms with van der Waals surface area (Å²) in [5.41, 5.74) is 7.66. The Kier molecular flexibility index (Phi) is 4.38. The van der Waals surface area contributed by atoms with Crippen molar-refractivity contribution in [2.75, 3.05) is 0 Å². The predicted molar refractivity (Wildman–Crippen MR) is 79.0 cm³/mol. The minimum atomic E-state index is -0.223. The van der Waals surface area contributed by atoms with Gasteiger partial charge in [-0.3, -0.25) is 0 Å². The molecule has 0 fully saturated rings. The monoisotopic (exact) mass is 257 g/mol. The van der Waals surface area contributed by atoms with E-state index in [1.54, 1.807) is 0 Å². The first-order valence-corrected chi connectivity index (χ1v) is 6.99. The van der Waals surface area contributed by atoms with Crippen molar-refractivity contribution >= 4 is 0 Å². The zero-order valence-corrected chi connectivity index (χ0v) is 11.8. The number of hydrogen-bond donors (Lipinski definition) is 1. The number of rotatable bonds is 6. The average Bonchev–Trinajstić information content (AvgIpc) is 2.86. The van der Waals surface area contributed by atoms with Crippen molar-refractivity contribution in [3.8, 4) is 0 Å².